The van der Waals surface area contributed by atoms with Crippen molar-refractivity contribution < 1.29 is 13.9 Å². The number of carbonyl (C=O) groups excluding carboxylic acids is 1. The van der Waals surface area contributed by atoms with Gasteiger partial charge in [0.1, 0.15) is 5.82 Å². The molecule has 0 N–H and O–H groups in total. The first-order chi connectivity index (χ1) is 10.5. The van der Waals surface area contributed by atoms with Gasteiger partial charge in [-0.1, -0.05) is 29.8 Å². The molecule has 0 aliphatic heterocycles. The first kappa shape index (κ1) is 14.3. The van der Waals surface area contributed by atoms with Gasteiger partial charge in [-0.25, -0.2) is 9.18 Å². The maximum Gasteiger partial charge on any atom is 0.340 e. The van der Waals surface area contributed by atoms with E-state index in [0.717, 1.165) is 22.0 Å². The number of hydrogen-bond donors (Lipinski definition) is 0. The van der Waals surface area contributed by atoms with E-state index < -0.39 is 11.8 Å². The predicted octanol–water partition coefficient (Wildman–Crippen LogP) is 4.08. The number of esters is 1. The van der Waals surface area contributed by atoms with Gasteiger partial charge in [0.15, 0.2) is 0 Å². The second kappa shape index (κ2) is 5.30. The van der Waals surface area contributed by atoms with Crippen LogP contribution in [0.2, 0.25) is 0 Å². The number of methoxy groups -OCH3 is 1. The van der Waals surface area contributed by atoms with Crippen molar-refractivity contribution in [3.8, 4) is 11.1 Å². The molecule has 0 aliphatic carbocycles. The summed E-state index contributed by atoms with van der Waals surface area (Å²) in [6, 6.07) is 11.0. The summed E-state index contributed by atoms with van der Waals surface area (Å²) in [7, 11) is 3.12. The van der Waals surface area contributed by atoms with Crippen molar-refractivity contribution in [3.63, 3.8) is 0 Å². The van der Waals surface area contributed by atoms with Gasteiger partial charge in [0.25, 0.3) is 0 Å². The Morgan fingerprint density at radius 1 is 1.18 bits per heavy atom. The normalized spacial score (nSPS) is 10.9. The lowest BCUT2D eigenvalue weighted by Gasteiger charge is -2.04. The minimum atomic E-state index is -0.669. The van der Waals surface area contributed by atoms with Gasteiger partial charge >= 0.3 is 5.97 Å². The SMILES string of the molecule is COC(=O)c1cc2c(cc1F)c(-c1ccc(C)cc1)cn2C. The van der Waals surface area contributed by atoms with Crippen LogP contribution in [-0.2, 0) is 11.8 Å². The van der Waals surface area contributed by atoms with Crippen LogP contribution >= 0.6 is 0 Å². The fourth-order valence-electron chi connectivity index (χ4n) is 2.63. The molecule has 0 radical (unpaired) electrons. The number of carbonyl (C=O) groups is 1. The molecule has 0 atom stereocenters. The minimum Gasteiger partial charge on any atom is -0.465 e. The number of aryl methyl sites for hydroxylation is 2. The molecule has 1 aromatic heterocycles. The molecule has 4 heteroatoms. The highest BCUT2D eigenvalue weighted by Gasteiger charge is 2.17. The van der Waals surface area contributed by atoms with Crippen LogP contribution in [0.4, 0.5) is 4.39 Å². The highest BCUT2D eigenvalue weighted by atomic mass is 19.1. The standard InChI is InChI=1S/C18H16FNO2/c1-11-4-6-12(7-5-11)15-10-20(2)17-9-14(18(21)22-3)16(19)8-13(15)17/h4-10H,1-3H3. The van der Waals surface area contributed by atoms with E-state index in [2.05, 4.69) is 4.74 Å². The van der Waals surface area contributed by atoms with Crippen molar-refractivity contribution in [3.05, 3.63) is 59.5 Å². The Labute approximate surface area is 127 Å². The van der Waals surface area contributed by atoms with Crippen molar-refractivity contribution in [1.82, 2.24) is 4.57 Å². The van der Waals surface area contributed by atoms with Crippen LogP contribution in [0.15, 0.2) is 42.6 Å². The van der Waals surface area contributed by atoms with Crippen LogP contribution in [0.3, 0.4) is 0 Å². The lowest BCUT2D eigenvalue weighted by atomic mass is 10.0. The van der Waals surface area contributed by atoms with Crippen molar-refractivity contribution in [2.45, 2.75) is 6.92 Å². The van der Waals surface area contributed by atoms with Crippen LogP contribution in [-0.4, -0.2) is 17.6 Å². The molecule has 2 aromatic carbocycles. The van der Waals surface area contributed by atoms with E-state index in [1.807, 2.05) is 49.0 Å². The molecule has 0 saturated heterocycles. The predicted molar refractivity (Wildman–Crippen MR) is 84.4 cm³/mol. The summed E-state index contributed by atoms with van der Waals surface area (Å²) in [6.45, 7) is 2.02. The third-order valence-corrected chi connectivity index (χ3v) is 3.85. The van der Waals surface area contributed by atoms with Gasteiger partial charge in [-0.15, -0.1) is 0 Å². The van der Waals surface area contributed by atoms with Crippen LogP contribution in [0.1, 0.15) is 15.9 Å². The molecule has 0 bridgehead atoms. The first-order valence-electron chi connectivity index (χ1n) is 6.95. The molecule has 22 heavy (non-hydrogen) atoms. The average Bonchev–Trinajstić information content (AvgIpc) is 2.83. The van der Waals surface area contributed by atoms with Gasteiger partial charge in [-0.3, -0.25) is 0 Å². The third-order valence-electron chi connectivity index (χ3n) is 3.85. The van der Waals surface area contributed by atoms with E-state index in [1.54, 1.807) is 0 Å². The number of hydrogen-bond acceptors (Lipinski definition) is 2. The van der Waals surface area contributed by atoms with Gasteiger partial charge in [0.05, 0.1) is 12.7 Å². The second-order valence-corrected chi connectivity index (χ2v) is 5.36. The molecule has 0 fully saturated rings. The monoisotopic (exact) mass is 297 g/mol. The number of fused-ring (bicyclic) bond motifs is 1. The van der Waals surface area contributed by atoms with E-state index in [1.165, 1.54) is 24.8 Å². The van der Waals surface area contributed by atoms with Crippen LogP contribution in [0, 0.1) is 12.7 Å². The quantitative estimate of drug-likeness (QED) is 0.667. The number of benzene rings is 2. The number of aromatic nitrogens is 1. The molecule has 0 unspecified atom stereocenters. The molecule has 1 heterocycles. The summed E-state index contributed by atoms with van der Waals surface area (Å²) in [6.07, 6.45) is 1.94. The number of halogens is 1. The zero-order valence-electron chi connectivity index (χ0n) is 12.7. The topological polar surface area (TPSA) is 31.2 Å². The van der Waals surface area contributed by atoms with Crippen LogP contribution in [0.5, 0.6) is 0 Å². The Morgan fingerprint density at radius 3 is 2.50 bits per heavy atom. The fraction of sp³-hybridized carbons (Fsp3) is 0.167. The summed E-state index contributed by atoms with van der Waals surface area (Å²) in [5, 5.41) is 0.775. The first-order valence-corrected chi connectivity index (χ1v) is 6.95. The highest BCUT2D eigenvalue weighted by molar-refractivity contribution is 6.00. The Morgan fingerprint density at radius 2 is 1.86 bits per heavy atom. The fourth-order valence-corrected chi connectivity index (χ4v) is 2.63. The molecule has 3 nitrogen and oxygen atoms in total. The van der Waals surface area contributed by atoms with Gasteiger partial charge in [-0.2, -0.15) is 0 Å². The maximum atomic E-state index is 14.2. The van der Waals surface area contributed by atoms with Gasteiger partial charge in [0, 0.05) is 29.7 Å². The molecule has 3 rings (SSSR count). The zero-order chi connectivity index (χ0) is 15.9. The van der Waals surface area contributed by atoms with E-state index in [4.69, 9.17) is 0 Å². The smallest absolute Gasteiger partial charge is 0.340 e. The summed E-state index contributed by atoms with van der Waals surface area (Å²) < 4.78 is 20.7. The summed E-state index contributed by atoms with van der Waals surface area (Å²) in [5.41, 5.74) is 3.86. The molecular weight excluding hydrogens is 281 g/mol. The molecule has 0 amide bonds. The molecule has 0 aliphatic rings. The van der Waals surface area contributed by atoms with E-state index >= 15 is 0 Å². The molecular formula is C18H16FNO2. The Hall–Kier alpha value is -2.62. The van der Waals surface area contributed by atoms with Crippen LogP contribution < -0.4 is 0 Å². The number of ether oxygens (including phenoxy) is 1. The van der Waals surface area contributed by atoms with Gasteiger partial charge in [-0.05, 0) is 24.6 Å². The van der Waals surface area contributed by atoms with Crippen molar-refractivity contribution in [1.29, 1.82) is 0 Å². The summed E-state index contributed by atoms with van der Waals surface area (Å²) in [4.78, 5) is 11.6. The molecule has 0 spiro atoms. The molecule has 0 saturated carbocycles. The van der Waals surface area contributed by atoms with Crippen LogP contribution in [0.25, 0.3) is 22.0 Å². The molecule has 3 aromatic rings. The van der Waals surface area contributed by atoms with Crippen molar-refractivity contribution in [2.24, 2.45) is 7.05 Å². The minimum absolute atomic E-state index is 0.0494. The largest absolute Gasteiger partial charge is 0.465 e. The highest BCUT2D eigenvalue weighted by Crippen LogP contribution is 2.32. The van der Waals surface area contributed by atoms with Crippen molar-refractivity contribution in [2.75, 3.05) is 7.11 Å². The average molecular weight is 297 g/mol. The summed E-state index contributed by atoms with van der Waals surface area (Å²) >= 11 is 0. The van der Waals surface area contributed by atoms with E-state index in [0.29, 0.717) is 0 Å². The Bertz CT molecular complexity index is 863. The van der Waals surface area contributed by atoms with E-state index in [-0.39, 0.29) is 5.56 Å². The number of rotatable bonds is 2. The van der Waals surface area contributed by atoms with Gasteiger partial charge < -0.3 is 9.30 Å². The van der Waals surface area contributed by atoms with Gasteiger partial charge in [0.2, 0.25) is 0 Å². The molecule has 112 valence electrons. The zero-order valence-corrected chi connectivity index (χ0v) is 12.7. The third kappa shape index (κ3) is 2.26. The van der Waals surface area contributed by atoms with Crippen molar-refractivity contribution >= 4 is 16.9 Å². The summed E-state index contributed by atoms with van der Waals surface area (Å²) in [5.74, 6) is -1.24. The Kier molecular flexibility index (Phi) is 3.45. The number of nitrogens with zero attached hydrogens (tertiary/aromatic N) is 1. The maximum absolute atomic E-state index is 14.2. The lowest BCUT2D eigenvalue weighted by molar-refractivity contribution is 0.0595. The Balaban J connectivity index is 2.24. The van der Waals surface area contributed by atoms with E-state index in [9.17, 15) is 9.18 Å². The second-order valence-electron chi connectivity index (χ2n) is 5.36. The lowest BCUT2D eigenvalue weighted by Crippen LogP contribution is -2.04.